The molecule has 0 amide bonds. The summed E-state index contributed by atoms with van der Waals surface area (Å²) < 4.78 is 1.76. The fourth-order valence-corrected chi connectivity index (χ4v) is 1.96. The maximum absolute atomic E-state index is 6.12. The van der Waals surface area contributed by atoms with Gasteiger partial charge in [0.05, 0.1) is 11.7 Å². The summed E-state index contributed by atoms with van der Waals surface area (Å²) in [4.78, 5) is 0. The number of nitrogens with one attached hydrogen (secondary N) is 1. The highest BCUT2D eigenvalue weighted by Gasteiger charge is 2.14. The van der Waals surface area contributed by atoms with E-state index in [2.05, 4.69) is 10.5 Å². The minimum absolute atomic E-state index is 0.0314. The molecule has 2 rings (SSSR count). The molecule has 1 aromatic carbocycles. The topological polar surface area (TPSA) is 55.9 Å². The molecule has 0 saturated heterocycles. The SMILES string of the molecule is Cn1ccc(C(Cc2ccccc2Cl)NN)n1. The molecular formula is C12H15ClN4. The second kappa shape index (κ2) is 5.31. The van der Waals surface area contributed by atoms with Crippen LogP contribution in [-0.2, 0) is 13.5 Å². The average molecular weight is 251 g/mol. The van der Waals surface area contributed by atoms with Crippen molar-refractivity contribution in [3.63, 3.8) is 0 Å². The first-order valence-corrected chi connectivity index (χ1v) is 5.77. The van der Waals surface area contributed by atoms with Crippen molar-refractivity contribution in [1.29, 1.82) is 0 Å². The smallest absolute Gasteiger partial charge is 0.0810 e. The summed E-state index contributed by atoms with van der Waals surface area (Å²) >= 11 is 6.12. The molecule has 0 aliphatic rings. The molecule has 1 unspecified atom stereocenters. The van der Waals surface area contributed by atoms with E-state index in [0.29, 0.717) is 6.42 Å². The highest BCUT2D eigenvalue weighted by Crippen LogP contribution is 2.21. The van der Waals surface area contributed by atoms with Crippen LogP contribution in [0, 0.1) is 0 Å². The molecule has 4 nitrogen and oxygen atoms in total. The van der Waals surface area contributed by atoms with Gasteiger partial charge in [0.25, 0.3) is 0 Å². The molecule has 0 saturated carbocycles. The Kier molecular flexibility index (Phi) is 3.78. The van der Waals surface area contributed by atoms with Gasteiger partial charge in [0.15, 0.2) is 0 Å². The van der Waals surface area contributed by atoms with Gasteiger partial charge in [-0.05, 0) is 24.1 Å². The number of hydrogen-bond donors (Lipinski definition) is 2. The number of aryl methyl sites for hydroxylation is 1. The molecule has 3 N–H and O–H groups in total. The molecule has 90 valence electrons. The fraction of sp³-hybridized carbons (Fsp3) is 0.250. The summed E-state index contributed by atoms with van der Waals surface area (Å²) in [5.74, 6) is 5.57. The largest absolute Gasteiger partial charge is 0.275 e. The van der Waals surface area contributed by atoms with Gasteiger partial charge in [-0.25, -0.2) is 0 Å². The van der Waals surface area contributed by atoms with Crippen molar-refractivity contribution in [3.8, 4) is 0 Å². The lowest BCUT2D eigenvalue weighted by molar-refractivity contribution is 0.529. The van der Waals surface area contributed by atoms with Gasteiger partial charge in [-0.15, -0.1) is 0 Å². The van der Waals surface area contributed by atoms with Crippen molar-refractivity contribution in [1.82, 2.24) is 15.2 Å². The Balaban J connectivity index is 2.18. The zero-order valence-corrected chi connectivity index (χ0v) is 10.4. The van der Waals surface area contributed by atoms with Gasteiger partial charge in [0, 0.05) is 18.3 Å². The van der Waals surface area contributed by atoms with E-state index in [9.17, 15) is 0 Å². The first-order valence-electron chi connectivity index (χ1n) is 5.40. The third-order valence-corrected chi connectivity index (χ3v) is 3.04. The third kappa shape index (κ3) is 2.85. The van der Waals surface area contributed by atoms with Crippen LogP contribution in [0.1, 0.15) is 17.3 Å². The Morgan fingerprint density at radius 2 is 2.18 bits per heavy atom. The molecule has 1 aromatic heterocycles. The maximum Gasteiger partial charge on any atom is 0.0810 e. The fourth-order valence-electron chi connectivity index (χ4n) is 1.75. The third-order valence-electron chi connectivity index (χ3n) is 2.67. The van der Waals surface area contributed by atoms with E-state index in [1.807, 2.05) is 43.6 Å². The van der Waals surface area contributed by atoms with E-state index in [1.165, 1.54) is 0 Å². The number of nitrogens with two attached hydrogens (primary N) is 1. The summed E-state index contributed by atoms with van der Waals surface area (Å²) in [5.41, 5.74) is 4.74. The lowest BCUT2D eigenvalue weighted by Gasteiger charge is -2.14. The molecule has 0 radical (unpaired) electrons. The minimum Gasteiger partial charge on any atom is -0.275 e. The van der Waals surface area contributed by atoms with Crippen LogP contribution >= 0.6 is 11.6 Å². The minimum atomic E-state index is -0.0314. The molecule has 17 heavy (non-hydrogen) atoms. The maximum atomic E-state index is 6.12. The molecule has 0 spiro atoms. The van der Waals surface area contributed by atoms with E-state index in [0.717, 1.165) is 16.3 Å². The van der Waals surface area contributed by atoms with Gasteiger partial charge in [0.1, 0.15) is 0 Å². The Labute approximate surface area is 105 Å². The van der Waals surface area contributed by atoms with Crippen molar-refractivity contribution >= 4 is 11.6 Å². The number of benzene rings is 1. The Bertz CT molecular complexity index is 495. The number of hydrazine groups is 1. The lowest BCUT2D eigenvalue weighted by atomic mass is 10.0. The van der Waals surface area contributed by atoms with Crippen LogP contribution in [0.3, 0.4) is 0 Å². The predicted molar refractivity (Wildman–Crippen MR) is 68.4 cm³/mol. The highest BCUT2D eigenvalue weighted by molar-refractivity contribution is 6.31. The highest BCUT2D eigenvalue weighted by atomic mass is 35.5. The van der Waals surface area contributed by atoms with Crippen LogP contribution in [0.15, 0.2) is 36.5 Å². The Morgan fingerprint density at radius 3 is 2.76 bits per heavy atom. The number of nitrogens with zero attached hydrogens (tertiary/aromatic N) is 2. The summed E-state index contributed by atoms with van der Waals surface area (Å²) in [6.45, 7) is 0. The summed E-state index contributed by atoms with van der Waals surface area (Å²) in [7, 11) is 1.88. The molecule has 0 fully saturated rings. The number of rotatable bonds is 4. The Hall–Kier alpha value is -1.36. The standard InChI is InChI=1S/C12H15ClN4/c1-17-7-6-11(16-17)12(15-14)8-9-4-2-3-5-10(9)13/h2-7,12,15H,8,14H2,1H3. The van der Waals surface area contributed by atoms with E-state index >= 15 is 0 Å². The van der Waals surface area contributed by atoms with Crippen LogP contribution in [0.4, 0.5) is 0 Å². The summed E-state index contributed by atoms with van der Waals surface area (Å²) in [6.07, 6.45) is 2.61. The van der Waals surface area contributed by atoms with E-state index in [4.69, 9.17) is 17.4 Å². The van der Waals surface area contributed by atoms with Crippen molar-refractivity contribution in [2.45, 2.75) is 12.5 Å². The van der Waals surface area contributed by atoms with Gasteiger partial charge in [-0.3, -0.25) is 16.0 Å². The van der Waals surface area contributed by atoms with Crippen LogP contribution < -0.4 is 11.3 Å². The number of aromatic nitrogens is 2. The van der Waals surface area contributed by atoms with Crippen LogP contribution in [0.5, 0.6) is 0 Å². The van der Waals surface area contributed by atoms with E-state index < -0.39 is 0 Å². The normalized spacial score (nSPS) is 12.6. The second-order valence-electron chi connectivity index (χ2n) is 3.93. The van der Waals surface area contributed by atoms with Crippen molar-refractivity contribution < 1.29 is 0 Å². The van der Waals surface area contributed by atoms with Crippen LogP contribution in [-0.4, -0.2) is 9.78 Å². The Morgan fingerprint density at radius 1 is 1.41 bits per heavy atom. The van der Waals surface area contributed by atoms with E-state index in [1.54, 1.807) is 4.68 Å². The zero-order chi connectivity index (χ0) is 12.3. The molecular weight excluding hydrogens is 236 g/mol. The first kappa shape index (κ1) is 12.1. The average Bonchev–Trinajstić information content (AvgIpc) is 2.75. The van der Waals surface area contributed by atoms with Crippen LogP contribution in [0.2, 0.25) is 5.02 Å². The molecule has 1 heterocycles. The molecule has 0 bridgehead atoms. The van der Waals surface area contributed by atoms with E-state index in [-0.39, 0.29) is 6.04 Å². The van der Waals surface area contributed by atoms with Crippen LogP contribution in [0.25, 0.3) is 0 Å². The monoisotopic (exact) mass is 250 g/mol. The van der Waals surface area contributed by atoms with Crippen molar-refractivity contribution in [2.24, 2.45) is 12.9 Å². The second-order valence-corrected chi connectivity index (χ2v) is 4.34. The molecule has 2 aromatic rings. The van der Waals surface area contributed by atoms with Gasteiger partial charge in [-0.2, -0.15) is 5.10 Å². The molecule has 0 aliphatic carbocycles. The molecule has 5 heteroatoms. The van der Waals surface area contributed by atoms with Gasteiger partial charge >= 0.3 is 0 Å². The lowest BCUT2D eigenvalue weighted by Crippen LogP contribution is -2.30. The molecule has 1 atom stereocenters. The summed E-state index contributed by atoms with van der Waals surface area (Å²) in [6, 6.07) is 9.67. The van der Waals surface area contributed by atoms with Crippen molar-refractivity contribution in [3.05, 3.63) is 52.8 Å². The summed E-state index contributed by atoms with van der Waals surface area (Å²) in [5, 5.41) is 5.09. The van der Waals surface area contributed by atoms with Gasteiger partial charge in [-0.1, -0.05) is 29.8 Å². The number of hydrogen-bond acceptors (Lipinski definition) is 3. The predicted octanol–water partition coefficient (Wildman–Crippen LogP) is 1.82. The van der Waals surface area contributed by atoms with Crippen molar-refractivity contribution in [2.75, 3.05) is 0 Å². The number of halogens is 1. The first-order chi connectivity index (χ1) is 8.20. The zero-order valence-electron chi connectivity index (χ0n) is 9.60. The van der Waals surface area contributed by atoms with Gasteiger partial charge in [0.2, 0.25) is 0 Å². The molecule has 0 aliphatic heterocycles. The quantitative estimate of drug-likeness (QED) is 0.643. The van der Waals surface area contributed by atoms with Gasteiger partial charge < -0.3 is 0 Å².